The van der Waals surface area contributed by atoms with Gasteiger partial charge in [-0.25, -0.2) is 4.98 Å². The van der Waals surface area contributed by atoms with Crippen molar-refractivity contribution >= 4 is 28.8 Å². The Balaban J connectivity index is 1.46. The summed E-state index contributed by atoms with van der Waals surface area (Å²) >= 11 is 0. The highest BCUT2D eigenvalue weighted by atomic mass is 16.3. The van der Waals surface area contributed by atoms with Crippen LogP contribution >= 0.6 is 0 Å². The van der Waals surface area contributed by atoms with Gasteiger partial charge in [-0.2, -0.15) is 0 Å². The molecule has 0 aliphatic heterocycles. The van der Waals surface area contributed by atoms with Gasteiger partial charge in [-0.1, -0.05) is 36.4 Å². The number of rotatable bonds is 4. The molecule has 0 unspecified atom stereocenters. The van der Waals surface area contributed by atoms with Gasteiger partial charge in [0.15, 0.2) is 5.58 Å². The van der Waals surface area contributed by atoms with E-state index in [4.69, 9.17) is 4.42 Å². The van der Waals surface area contributed by atoms with Crippen LogP contribution in [0.1, 0.15) is 11.1 Å². The van der Waals surface area contributed by atoms with E-state index in [9.17, 15) is 4.79 Å². The fraction of sp³-hybridized carbons (Fsp3) is 0.0435. The van der Waals surface area contributed by atoms with Gasteiger partial charge in [0.1, 0.15) is 5.52 Å². The molecule has 132 valence electrons. The van der Waals surface area contributed by atoms with Crippen LogP contribution in [0.3, 0.4) is 0 Å². The van der Waals surface area contributed by atoms with Crippen LogP contribution in [0.4, 0.5) is 5.69 Å². The molecule has 0 aliphatic carbocycles. The Morgan fingerprint density at radius 2 is 1.78 bits per heavy atom. The van der Waals surface area contributed by atoms with Crippen LogP contribution in [0.2, 0.25) is 0 Å². The van der Waals surface area contributed by atoms with E-state index in [0.717, 1.165) is 27.8 Å². The first-order chi connectivity index (χ1) is 13.2. The van der Waals surface area contributed by atoms with Crippen molar-refractivity contribution < 1.29 is 9.21 Å². The number of aryl methyl sites for hydroxylation is 1. The molecule has 0 fully saturated rings. The number of nitrogens with zero attached hydrogens (tertiary/aromatic N) is 1. The van der Waals surface area contributed by atoms with Gasteiger partial charge < -0.3 is 9.73 Å². The second-order valence-electron chi connectivity index (χ2n) is 6.30. The summed E-state index contributed by atoms with van der Waals surface area (Å²) in [5, 5.41) is 2.85. The maximum absolute atomic E-state index is 12.1. The Kier molecular flexibility index (Phi) is 4.54. The molecule has 4 rings (SSSR count). The predicted octanol–water partition coefficient (Wildman–Crippen LogP) is 5.46. The van der Waals surface area contributed by atoms with E-state index >= 15 is 0 Å². The first-order valence-corrected chi connectivity index (χ1v) is 8.69. The molecule has 1 aromatic heterocycles. The summed E-state index contributed by atoms with van der Waals surface area (Å²) in [5.74, 6) is 0.390. The van der Waals surface area contributed by atoms with Crippen LogP contribution in [0.15, 0.2) is 83.3 Å². The summed E-state index contributed by atoms with van der Waals surface area (Å²) < 4.78 is 5.81. The van der Waals surface area contributed by atoms with E-state index in [2.05, 4.69) is 10.3 Å². The van der Waals surface area contributed by atoms with E-state index in [1.807, 2.05) is 79.7 Å². The number of aromatic nitrogens is 1. The van der Waals surface area contributed by atoms with Gasteiger partial charge >= 0.3 is 0 Å². The number of fused-ring (bicyclic) bond motifs is 1. The molecule has 1 heterocycles. The first kappa shape index (κ1) is 16.8. The quantitative estimate of drug-likeness (QED) is 0.495. The van der Waals surface area contributed by atoms with Gasteiger partial charge in [-0.05, 0) is 60.5 Å². The third-order valence-corrected chi connectivity index (χ3v) is 4.17. The Morgan fingerprint density at radius 1 is 1.00 bits per heavy atom. The standard InChI is InChI=1S/C23H18N2O2/c1-16-7-13-21-20(15-16)25-23(27-21)18-9-11-19(12-10-18)24-22(26)14-8-17-5-3-2-4-6-17/h2-15H,1H3,(H,24,26). The van der Waals surface area contributed by atoms with Gasteiger partial charge in [-0.15, -0.1) is 0 Å². The number of nitrogens with one attached hydrogen (secondary N) is 1. The zero-order valence-electron chi connectivity index (χ0n) is 14.8. The van der Waals surface area contributed by atoms with Crippen LogP contribution in [0, 0.1) is 6.92 Å². The molecule has 4 nitrogen and oxygen atoms in total. The minimum Gasteiger partial charge on any atom is -0.436 e. The fourth-order valence-corrected chi connectivity index (χ4v) is 2.78. The van der Waals surface area contributed by atoms with Crippen molar-refractivity contribution in [2.75, 3.05) is 5.32 Å². The molecule has 0 saturated carbocycles. The van der Waals surface area contributed by atoms with E-state index in [1.54, 1.807) is 6.08 Å². The molecule has 1 amide bonds. The summed E-state index contributed by atoms with van der Waals surface area (Å²) in [5.41, 5.74) is 5.31. The van der Waals surface area contributed by atoms with E-state index < -0.39 is 0 Å². The molecule has 3 aromatic carbocycles. The summed E-state index contributed by atoms with van der Waals surface area (Å²) in [4.78, 5) is 16.6. The van der Waals surface area contributed by atoms with Gasteiger partial charge in [0.2, 0.25) is 11.8 Å². The SMILES string of the molecule is Cc1ccc2oc(-c3ccc(NC(=O)C=Cc4ccccc4)cc3)nc2c1. The highest BCUT2D eigenvalue weighted by molar-refractivity contribution is 6.02. The largest absolute Gasteiger partial charge is 0.436 e. The van der Waals surface area contributed by atoms with Crippen LogP contribution in [-0.4, -0.2) is 10.9 Å². The van der Waals surface area contributed by atoms with Crippen molar-refractivity contribution in [1.82, 2.24) is 4.98 Å². The van der Waals surface area contributed by atoms with Crippen LogP contribution < -0.4 is 5.32 Å². The zero-order valence-corrected chi connectivity index (χ0v) is 14.8. The number of oxazole rings is 1. The molecular formula is C23H18N2O2. The first-order valence-electron chi connectivity index (χ1n) is 8.69. The molecule has 27 heavy (non-hydrogen) atoms. The molecule has 0 saturated heterocycles. The lowest BCUT2D eigenvalue weighted by molar-refractivity contribution is -0.111. The summed E-state index contributed by atoms with van der Waals surface area (Å²) in [6.45, 7) is 2.03. The third-order valence-electron chi connectivity index (χ3n) is 4.17. The van der Waals surface area contributed by atoms with E-state index in [-0.39, 0.29) is 5.91 Å². The minimum atomic E-state index is -0.177. The van der Waals surface area contributed by atoms with Gasteiger partial charge in [-0.3, -0.25) is 4.79 Å². The second kappa shape index (κ2) is 7.30. The number of carbonyl (C=O) groups excluding carboxylic acids is 1. The molecule has 0 atom stereocenters. The maximum atomic E-state index is 12.1. The summed E-state index contributed by atoms with van der Waals surface area (Å²) in [6.07, 6.45) is 3.30. The fourth-order valence-electron chi connectivity index (χ4n) is 2.78. The minimum absolute atomic E-state index is 0.177. The zero-order chi connectivity index (χ0) is 18.6. The normalized spacial score (nSPS) is 11.1. The summed E-state index contributed by atoms with van der Waals surface area (Å²) in [6, 6.07) is 23.1. The van der Waals surface area contributed by atoms with Crippen LogP contribution in [0.25, 0.3) is 28.6 Å². The predicted molar refractivity (Wildman–Crippen MR) is 108 cm³/mol. The van der Waals surface area contributed by atoms with Crippen molar-refractivity contribution in [2.24, 2.45) is 0 Å². The lowest BCUT2D eigenvalue weighted by Crippen LogP contribution is -2.07. The van der Waals surface area contributed by atoms with Crippen molar-refractivity contribution in [3.05, 3.63) is 90.0 Å². The van der Waals surface area contributed by atoms with Gasteiger partial charge in [0.25, 0.3) is 0 Å². The van der Waals surface area contributed by atoms with Crippen LogP contribution in [-0.2, 0) is 4.79 Å². The molecular weight excluding hydrogens is 336 g/mol. The number of benzene rings is 3. The van der Waals surface area contributed by atoms with Crippen LogP contribution in [0.5, 0.6) is 0 Å². The number of hydrogen-bond donors (Lipinski definition) is 1. The average molecular weight is 354 g/mol. The van der Waals surface area contributed by atoms with Gasteiger partial charge in [0.05, 0.1) is 0 Å². The number of amides is 1. The molecule has 1 N–H and O–H groups in total. The second-order valence-corrected chi connectivity index (χ2v) is 6.30. The van der Waals surface area contributed by atoms with Crippen molar-refractivity contribution in [1.29, 1.82) is 0 Å². The summed E-state index contributed by atoms with van der Waals surface area (Å²) in [7, 11) is 0. The van der Waals surface area contributed by atoms with Crippen molar-refractivity contribution in [3.63, 3.8) is 0 Å². The highest BCUT2D eigenvalue weighted by Crippen LogP contribution is 2.25. The average Bonchev–Trinajstić information content (AvgIpc) is 3.11. The maximum Gasteiger partial charge on any atom is 0.248 e. The van der Waals surface area contributed by atoms with Gasteiger partial charge in [0, 0.05) is 17.3 Å². The number of hydrogen-bond acceptors (Lipinski definition) is 3. The van der Waals surface area contributed by atoms with Crippen molar-refractivity contribution in [2.45, 2.75) is 6.92 Å². The van der Waals surface area contributed by atoms with Crippen molar-refractivity contribution in [3.8, 4) is 11.5 Å². The molecule has 4 aromatic rings. The topological polar surface area (TPSA) is 55.1 Å². The molecule has 0 spiro atoms. The molecule has 4 heteroatoms. The Hall–Kier alpha value is -3.66. The lowest BCUT2D eigenvalue weighted by Gasteiger charge is -2.03. The molecule has 0 aliphatic rings. The van der Waals surface area contributed by atoms with E-state index in [0.29, 0.717) is 11.6 Å². The smallest absolute Gasteiger partial charge is 0.248 e. The number of anilines is 1. The molecule has 0 bridgehead atoms. The Morgan fingerprint density at radius 3 is 2.56 bits per heavy atom. The lowest BCUT2D eigenvalue weighted by atomic mass is 10.2. The Labute approximate surface area is 157 Å². The van der Waals surface area contributed by atoms with E-state index in [1.165, 1.54) is 6.08 Å². The number of carbonyl (C=O) groups is 1. The Bertz CT molecular complexity index is 1110. The highest BCUT2D eigenvalue weighted by Gasteiger charge is 2.08. The third kappa shape index (κ3) is 3.96. The molecule has 0 radical (unpaired) electrons. The monoisotopic (exact) mass is 354 g/mol.